The number of nitrogens with zero attached hydrogens (tertiary/aromatic N) is 1. The van der Waals surface area contributed by atoms with Crippen molar-refractivity contribution in [3.05, 3.63) is 95.2 Å². The zero-order valence-corrected chi connectivity index (χ0v) is 18.7. The van der Waals surface area contributed by atoms with Gasteiger partial charge in [0.05, 0.1) is 6.04 Å². The van der Waals surface area contributed by atoms with E-state index < -0.39 is 36.2 Å². The number of halogens is 7. The first-order chi connectivity index (χ1) is 16.9. The van der Waals surface area contributed by atoms with Gasteiger partial charge in [-0.2, -0.15) is 0 Å². The molecule has 5 nitrogen and oxygen atoms in total. The highest BCUT2D eigenvalue weighted by molar-refractivity contribution is 6.30. The smallest absolute Gasteiger partial charge is 0.406 e. The van der Waals surface area contributed by atoms with E-state index in [0.29, 0.717) is 16.3 Å². The first-order valence-corrected chi connectivity index (χ1v) is 10.6. The molecule has 0 saturated carbocycles. The van der Waals surface area contributed by atoms with E-state index in [4.69, 9.17) is 11.6 Å². The summed E-state index contributed by atoms with van der Waals surface area (Å²) in [5.74, 6) is -1.40. The highest BCUT2D eigenvalue weighted by Gasteiger charge is 2.36. The first-order valence-electron chi connectivity index (χ1n) is 10.2. The average molecular weight is 529 g/mol. The van der Waals surface area contributed by atoms with Gasteiger partial charge in [-0.15, -0.1) is 26.3 Å². The molecule has 1 N–H and O–H groups in total. The van der Waals surface area contributed by atoms with Crippen molar-refractivity contribution in [3.8, 4) is 11.5 Å². The van der Waals surface area contributed by atoms with Crippen molar-refractivity contribution in [2.24, 2.45) is 0 Å². The number of carbonyl (C=O) groups is 1. The van der Waals surface area contributed by atoms with Crippen molar-refractivity contribution in [3.63, 3.8) is 0 Å². The number of carbonyl (C=O) groups excluding carboxylic acids is 1. The molecule has 3 aromatic rings. The maximum Gasteiger partial charge on any atom is 0.573 e. The second kappa shape index (κ2) is 9.65. The topological polar surface area (TPSA) is 50.8 Å². The highest BCUT2D eigenvalue weighted by atomic mass is 35.5. The highest BCUT2D eigenvalue weighted by Crippen LogP contribution is 2.38. The van der Waals surface area contributed by atoms with E-state index in [1.165, 1.54) is 29.2 Å². The van der Waals surface area contributed by atoms with Crippen molar-refractivity contribution < 1.29 is 40.6 Å². The molecule has 188 valence electrons. The Morgan fingerprint density at radius 2 is 1.25 bits per heavy atom. The SMILES string of the molecule is O=C1C(Nc2ccc(OC(F)(F)F)cc2)=C[C@H](c2ccc(Cl)cc2)N1c1ccc(OC(F)(F)F)cc1. The maximum absolute atomic E-state index is 13.3. The van der Waals surface area contributed by atoms with E-state index >= 15 is 0 Å². The van der Waals surface area contributed by atoms with E-state index in [0.717, 1.165) is 24.3 Å². The van der Waals surface area contributed by atoms with Crippen LogP contribution in [0.25, 0.3) is 0 Å². The van der Waals surface area contributed by atoms with Crippen LogP contribution in [0.1, 0.15) is 11.6 Å². The molecular weight excluding hydrogens is 514 g/mol. The minimum atomic E-state index is -4.86. The van der Waals surface area contributed by atoms with Gasteiger partial charge in [0, 0.05) is 16.4 Å². The van der Waals surface area contributed by atoms with Crippen LogP contribution in [-0.2, 0) is 4.79 Å². The fourth-order valence-electron chi connectivity index (χ4n) is 3.54. The normalized spacial score (nSPS) is 16.1. The Bertz CT molecular complexity index is 1260. The molecule has 0 bridgehead atoms. The Hall–Kier alpha value is -3.86. The molecule has 0 fully saturated rings. The Labute approximate surface area is 205 Å². The van der Waals surface area contributed by atoms with E-state index in [-0.39, 0.29) is 11.4 Å². The van der Waals surface area contributed by atoms with E-state index in [9.17, 15) is 31.1 Å². The zero-order chi connectivity index (χ0) is 26.1. The van der Waals surface area contributed by atoms with Gasteiger partial charge in [-0.05, 0) is 72.3 Å². The van der Waals surface area contributed by atoms with Crippen LogP contribution < -0.4 is 19.7 Å². The number of ether oxygens (including phenoxy) is 2. The van der Waals surface area contributed by atoms with E-state index in [2.05, 4.69) is 14.8 Å². The average Bonchev–Trinajstić information content (AvgIpc) is 3.10. The lowest BCUT2D eigenvalue weighted by Crippen LogP contribution is -2.30. The lowest BCUT2D eigenvalue weighted by molar-refractivity contribution is -0.275. The Kier molecular flexibility index (Phi) is 6.77. The Balaban J connectivity index is 1.61. The number of alkyl halides is 6. The van der Waals surface area contributed by atoms with Crippen LogP contribution in [0.3, 0.4) is 0 Å². The lowest BCUT2D eigenvalue weighted by Gasteiger charge is -2.25. The summed E-state index contributed by atoms with van der Waals surface area (Å²) in [7, 11) is 0. The third kappa shape index (κ3) is 6.22. The van der Waals surface area contributed by atoms with Crippen LogP contribution >= 0.6 is 11.6 Å². The van der Waals surface area contributed by atoms with Gasteiger partial charge in [-0.3, -0.25) is 9.69 Å². The maximum atomic E-state index is 13.3. The third-order valence-electron chi connectivity index (χ3n) is 4.98. The summed E-state index contributed by atoms with van der Waals surface area (Å²) in [6.07, 6.45) is -8.12. The summed E-state index contributed by atoms with van der Waals surface area (Å²) < 4.78 is 82.4. The van der Waals surface area contributed by atoms with Crippen LogP contribution in [0.2, 0.25) is 5.02 Å². The Morgan fingerprint density at radius 1 is 0.750 bits per heavy atom. The Morgan fingerprint density at radius 3 is 1.75 bits per heavy atom. The van der Waals surface area contributed by atoms with Gasteiger partial charge in [0.15, 0.2) is 0 Å². The molecule has 0 unspecified atom stereocenters. The fourth-order valence-corrected chi connectivity index (χ4v) is 3.67. The van der Waals surface area contributed by atoms with Gasteiger partial charge in [0.1, 0.15) is 17.2 Å². The zero-order valence-electron chi connectivity index (χ0n) is 17.9. The van der Waals surface area contributed by atoms with Gasteiger partial charge in [0.2, 0.25) is 0 Å². The summed E-state index contributed by atoms with van der Waals surface area (Å²) in [5, 5.41) is 3.33. The van der Waals surface area contributed by atoms with Gasteiger partial charge >= 0.3 is 12.7 Å². The van der Waals surface area contributed by atoms with E-state index in [1.807, 2.05) is 0 Å². The number of hydrogen-bond donors (Lipinski definition) is 1. The molecule has 12 heteroatoms. The number of hydrogen-bond acceptors (Lipinski definition) is 4. The van der Waals surface area contributed by atoms with Crippen molar-refractivity contribution in [1.82, 2.24) is 0 Å². The van der Waals surface area contributed by atoms with Crippen LogP contribution in [-0.4, -0.2) is 18.6 Å². The molecule has 0 aliphatic carbocycles. The molecule has 4 rings (SSSR count). The first kappa shape index (κ1) is 25.2. The third-order valence-corrected chi connectivity index (χ3v) is 5.23. The minimum Gasteiger partial charge on any atom is -0.406 e. The van der Waals surface area contributed by atoms with Gasteiger partial charge in [-0.25, -0.2) is 0 Å². The molecule has 1 amide bonds. The van der Waals surface area contributed by atoms with Crippen molar-refractivity contribution >= 4 is 28.9 Å². The van der Waals surface area contributed by atoms with Crippen molar-refractivity contribution in [1.29, 1.82) is 0 Å². The number of rotatable bonds is 6. The van der Waals surface area contributed by atoms with Crippen molar-refractivity contribution in [2.45, 2.75) is 18.8 Å². The quantitative estimate of drug-likeness (QED) is 0.343. The predicted molar refractivity (Wildman–Crippen MR) is 120 cm³/mol. The number of amides is 1. The molecule has 0 saturated heterocycles. The van der Waals surface area contributed by atoms with Crippen molar-refractivity contribution in [2.75, 3.05) is 10.2 Å². The summed E-state index contributed by atoms with van der Waals surface area (Å²) >= 11 is 5.96. The molecule has 1 atom stereocenters. The van der Waals surface area contributed by atoms with Crippen LogP contribution in [0, 0.1) is 0 Å². The van der Waals surface area contributed by atoms with Gasteiger partial charge in [0.25, 0.3) is 5.91 Å². The van der Waals surface area contributed by atoms with Gasteiger partial charge < -0.3 is 14.8 Å². The molecule has 36 heavy (non-hydrogen) atoms. The second-order valence-corrected chi connectivity index (χ2v) is 7.93. The number of nitrogens with one attached hydrogen (secondary N) is 1. The largest absolute Gasteiger partial charge is 0.573 e. The minimum absolute atomic E-state index is 0.107. The molecular formula is C24H15ClF6N2O3. The lowest BCUT2D eigenvalue weighted by atomic mass is 10.1. The van der Waals surface area contributed by atoms with Crippen LogP contribution in [0.4, 0.5) is 37.7 Å². The molecule has 3 aromatic carbocycles. The second-order valence-electron chi connectivity index (χ2n) is 7.49. The van der Waals surface area contributed by atoms with Gasteiger partial charge in [-0.1, -0.05) is 23.7 Å². The molecule has 0 spiro atoms. The summed E-state index contributed by atoms with van der Waals surface area (Å²) in [5.41, 5.74) is 1.37. The number of anilines is 2. The standard InChI is InChI=1S/C24H15ClF6N2O3/c25-15-3-1-14(2-4-15)21-13-20(32-16-5-9-18(10-6-16)35-23(26,27)28)22(34)33(21)17-7-11-19(12-8-17)36-24(29,30)31/h1-13,21,32H/t21-/m1/s1. The van der Waals surface area contributed by atoms with Crippen LogP contribution in [0.15, 0.2) is 84.6 Å². The van der Waals surface area contributed by atoms with E-state index in [1.54, 1.807) is 30.3 Å². The molecule has 1 aliphatic heterocycles. The predicted octanol–water partition coefficient (Wildman–Crippen LogP) is 7.22. The monoisotopic (exact) mass is 528 g/mol. The summed E-state index contributed by atoms with van der Waals surface area (Å²) in [6.45, 7) is 0. The molecule has 0 radical (unpaired) electrons. The van der Waals surface area contributed by atoms with Crippen LogP contribution in [0.5, 0.6) is 11.5 Å². The number of benzene rings is 3. The summed E-state index contributed by atoms with van der Waals surface area (Å²) in [6, 6.07) is 15.5. The summed E-state index contributed by atoms with van der Waals surface area (Å²) in [4.78, 5) is 14.7. The fraction of sp³-hybridized carbons (Fsp3) is 0.125. The molecule has 1 aliphatic rings. The molecule has 1 heterocycles. The molecule has 0 aromatic heterocycles.